The Morgan fingerprint density at radius 2 is 1.59 bits per heavy atom. The molecule has 5 atom stereocenters. The monoisotopic (exact) mass is 844 g/mol. The number of likely N-dealkylation sites (tertiary alicyclic amines) is 1. The minimum Gasteiger partial charge on any atom is -0.454 e. The van der Waals surface area contributed by atoms with Gasteiger partial charge in [0.1, 0.15) is 29.9 Å². The van der Waals surface area contributed by atoms with E-state index in [0.717, 1.165) is 43.2 Å². The summed E-state index contributed by atoms with van der Waals surface area (Å²) in [4.78, 5) is 108. The lowest BCUT2D eigenvalue weighted by atomic mass is 9.82. The number of Topliss-reactive ketones (excluding diaryl/α,β-unsaturated/α-hetero) is 1. The van der Waals surface area contributed by atoms with Gasteiger partial charge >= 0.3 is 6.09 Å². The van der Waals surface area contributed by atoms with Crippen molar-refractivity contribution in [3.8, 4) is 11.5 Å². The molecule has 5 aliphatic rings. The highest BCUT2D eigenvalue weighted by Gasteiger charge is 2.48. The van der Waals surface area contributed by atoms with E-state index in [0.29, 0.717) is 30.8 Å². The largest absolute Gasteiger partial charge is 0.454 e. The maximum atomic E-state index is 14.9. The Kier molecular flexibility index (Phi) is 13.1. The highest BCUT2D eigenvalue weighted by atomic mass is 16.7. The number of ether oxygens (including phenoxy) is 3. The number of hydrogen-bond donors (Lipinski definition) is 4. The fraction of sp³-hybridized carbons (Fsp3) is 0.605. The van der Waals surface area contributed by atoms with Gasteiger partial charge in [0.15, 0.2) is 11.5 Å². The number of ketones is 1. The summed E-state index contributed by atoms with van der Waals surface area (Å²) in [5.41, 5.74) is 0.885. The van der Waals surface area contributed by atoms with Crippen molar-refractivity contribution in [1.82, 2.24) is 41.0 Å². The topological polar surface area (TPSA) is 228 Å². The Bertz CT molecular complexity index is 1980. The van der Waals surface area contributed by atoms with Gasteiger partial charge in [0.05, 0.1) is 18.8 Å². The van der Waals surface area contributed by atoms with E-state index in [9.17, 15) is 33.6 Å². The molecule has 2 aromatic rings. The Labute approximate surface area is 354 Å². The smallest absolute Gasteiger partial charge is 0.410 e. The number of aromatic nitrogens is 2. The average Bonchev–Trinajstić information content (AvgIpc) is 3.56. The van der Waals surface area contributed by atoms with Crippen LogP contribution in [0.15, 0.2) is 30.7 Å². The predicted octanol–water partition coefficient (Wildman–Crippen LogP) is 2.67. The second-order valence-corrected chi connectivity index (χ2v) is 17.8. The third kappa shape index (κ3) is 10.2. The van der Waals surface area contributed by atoms with E-state index in [1.54, 1.807) is 20.8 Å². The zero-order valence-electron chi connectivity index (χ0n) is 35.2. The molecule has 2 aliphatic carbocycles. The van der Waals surface area contributed by atoms with Crippen LogP contribution < -0.4 is 30.7 Å². The van der Waals surface area contributed by atoms with Crippen LogP contribution in [-0.4, -0.2) is 111 Å². The van der Waals surface area contributed by atoms with E-state index >= 15 is 0 Å². The molecule has 1 aromatic carbocycles. The number of carbonyl (C=O) groups excluding carboxylic acids is 7. The standard InChI is InChI=1S/C43H56N8O10/c1-5-9-29(35(52)40(56)46-27-12-13-27)47-38(54)31-18-28(61-42(58)50-20-25-16-32-33(60-23-59-32)17-26(25)21-50)22-51(31)41(57)36(43(2,3)4)49-39(55)34(24-10-7-6-8-11-24)48-37(53)30-19-44-14-15-45-30/h14-17,19,24,27-29,31,34,36H,5-13,18,20-23H2,1-4H3,(H,46,56)(H,47,54)(H,48,53)(H,49,55)/t28-,29+,31?,34+,36-/m1/s1. The number of rotatable bonds is 14. The van der Waals surface area contributed by atoms with Crippen molar-refractivity contribution in [3.63, 3.8) is 0 Å². The summed E-state index contributed by atoms with van der Waals surface area (Å²) >= 11 is 0. The Morgan fingerprint density at radius 3 is 2.20 bits per heavy atom. The van der Waals surface area contributed by atoms with E-state index < -0.39 is 77.1 Å². The number of amides is 6. The fourth-order valence-corrected chi connectivity index (χ4v) is 8.52. The zero-order chi connectivity index (χ0) is 43.4. The summed E-state index contributed by atoms with van der Waals surface area (Å²) in [6.07, 6.45) is 8.78. The van der Waals surface area contributed by atoms with E-state index in [1.807, 2.05) is 19.1 Å². The van der Waals surface area contributed by atoms with Crippen LogP contribution in [-0.2, 0) is 41.8 Å². The highest BCUT2D eigenvalue weighted by Crippen LogP contribution is 2.38. The van der Waals surface area contributed by atoms with Gasteiger partial charge < -0.3 is 40.4 Å². The minimum absolute atomic E-state index is 0.0421. The van der Waals surface area contributed by atoms with Crippen LogP contribution in [0.25, 0.3) is 0 Å². The van der Waals surface area contributed by atoms with E-state index in [2.05, 4.69) is 31.2 Å². The first-order valence-electron chi connectivity index (χ1n) is 21.4. The van der Waals surface area contributed by atoms with Gasteiger partial charge in [0.2, 0.25) is 30.3 Å². The molecule has 328 valence electrons. The van der Waals surface area contributed by atoms with Crippen LogP contribution in [0, 0.1) is 11.3 Å². The van der Waals surface area contributed by atoms with Crippen molar-refractivity contribution in [3.05, 3.63) is 47.5 Å². The summed E-state index contributed by atoms with van der Waals surface area (Å²) in [7, 11) is 0. The first-order valence-corrected chi connectivity index (χ1v) is 21.4. The van der Waals surface area contributed by atoms with Crippen LogP contribution in [0.3, 0.4) is 0 Å². The Hall–Kier alpha value is -5.81. The van der Waals surface area contributed by atoms with Gasteiger partial charge in [-0.25, -0.2) is 9.78 Å². The molecular weight excluding hydrogens is 789 g/mol. The fourth-order valence-electron chi connectivity index (χ4n) is 8.52. The summed E-state index contributed by atoms with van der Waals surface area (Å²) in [5, 5.41) is 11.2. The van der Waals surface area contributed by atoms with Crippen LogP contribution in [0.5, 0.6) is 11.5 Å². The van der Waals surface area contributed by atoms with Crippen LogP contribution in [0.4, 0.5) is 4.79 Å². The van der Waals surface area contributed by atoms with Crippen molar-refractivity contribution in [2.75, 3.05) is 13.3 Å². The molecule has 0 radical (unpaired) electrons. The number of carbonyl (C=O) groups is 7. The molecule has 0 bridgehead atoms. The van der Waals surface area contributed by atoms with Gasteiger partial charge in [-0.05, 0) is 66.7 Å². The quantitative estimate of drug-likeness (QED) is 0.202. The molecule has 1 aromatic heterocycles. The third-order valence-electron chi connectivity index (χ3n) is 12.0. The molecule has 6 amide bonds. The predicted molar refractivity (Wildman–Crippen MR) is 216 cm³/mol. The van der Waals surface area contributed by atoms with Crippen molar-refractivity contribution < 1.29 is 47.8 Å². The molecule has 61 heavy (non-hydrogen) atoms. The Morgan fingerprint density at radius 1 is 0.902 bits per heavy atom. The molecule has 1 unspecified atom stereocenters. The molecule has 18 heteroatoms. The number of hydrogen-bond acceptors (Lipinski definition) is 12. The molecular formula is C43H56N8O10. The first-order chi connectivity index (χ1) is 29.2. The lowest BCUT2D eigenvalue weighted by molar-refractivity contribution is -0.145. The van der Waals surface area contributed by atoms with Crippen LogP contribution in [0.2, 0.25) is 0 Å². The van der Waals surface area contributed by atoms with Crippen LogP contribution in [0.1, 0.15) is 114 Å². The molecule has 4 N–H and O–H groups in total. The molecule has 3 fully saturated rings. The number of fused-ring (bicyclic) bond motifs is 2. The van der Waals surface area contributed by atoms with Gasteiger partial charge in [-0.3, -0.25) is 38.7 Å². The number of nitrogens with zero attached hydrogens (tertiary/aromatic N) is 4. The summed E-state index contributed by atoms with van der Waals surface area (Å²) in [6, 6.07) is -0.987. The summed E-state index contributed by atoms with van der Waals surface area (Å²) < 4.78 is 17.0. The SMILES string of the molecule is CCC[C@H](NC(=O)C1C[C@@H](OC(=O)N2Cc3cc4c(cc3C2)OCO4)CN1C(=O)[C@@H](NC(=O)[C@@H](NC(=O)c1cnccn1)C1CCCCC1)C(C)(C)C)C(=O)C(=O)NC1CC1. The lowest BCUT2D eigenvalue weighted by Gasteiger charge is -2.37. The molecule has 3 aliphatic heterocycles. The van der Waals surface area contributed by atoms with E-state index in [1.165, 1.54) is 28.4 Å². The molecule has 0 spiro atoms. The molecule has 2 saturated carbocycles. The Balaban J connectivity index is 1.11. The summed E-state index contributed by atoms with van der Waals surface area (Å²) in [6.45, 7) is 7.59. The lowest BCUT2D eigenvalue weighted by Crippen LogP contribution is -2.62. The van der Waals surface area contributed by atoms with E-state index in [4.69, 9.17) is 14.2 Å². The van der Waals surface area contributed by atoms with Crippen molar-refractivity contribution in [1.29, 1.82) is 0 Å². The normalized spacial score (nSPS) is 21.1. The van der Waals surface area contributed by atoms with Crippen molar-refractivity contribution in [2.24, 2.45) is 11.3 Å². The molecule has 7 rings (SSSR count). The average molecular weight is 845 g/mol. The van der Waals surface area contributed by atoms with Crippen molar-refractivity contribution in [2.45, 2.75) is 141 Å². The number of benzene rings is 1. The second-order valence-electron chi connectivity index (χ2n) is 17.8. The van der Waals surface area contributed by atoms with Gasteiger partial charge in [0, 0.05) is 37.9 Å². The number of nitrogens with one attached hydrogen (secondary N) is 4. The van der Waals surface area contributed by atoms with E-state index in [-0.39, 0.29) is 56.9 Å². The maximum Gasteiger partial charge on any atom is 0.410 e. The summed E-state index contributed by atoms with van der Waals surface area (Å²) in [5.74, 6) is -3.04. The van der Waals surface area contributed by atoms with Crippen LogP contribution >= 0.6 is 0 Å². The zero-order valence-corrected chi connectivity index (χ0v) is 35.2. The highest BCUT2D eigenvalue weighted by molar-refractivity contribution is 6.38. The first kappa shape index (κ1) is 43.3. The second kappa shape index (κ2) is 18.4. The minimum atomic E-state index is -1.23. The molecule has 18 nitrogen and oxygen atoms in total. The van der Waals surface area contributed by atoms with Crippen molar-refractivity contribution >= 4 is 41.4 Å². The molecule has 1 saturated heterocycles. The van der Waals surface area contributed by atoms with Gasteiger partial charge in [0.25, 0.3) is 11.8 Å². The van der Waals surface area contributed by atoms with Gasteiger partial charge in [-0.2, -0.15) is 0 Å². The van der Waals surface area contributed by atoms with Gasteiger partial charge in [-0.15, -0.1) is 0 Å². The van der Waals surface area contributed by atoms with Gasteiger partial charge in [-0.1, -0.05) is 53.4 Å². The molecule has 4 heterocycles. The maximum absolute atomic E-state index is 14.9. The third-order valence-corrected chi connectivity index (χ3v) is 12.0.